The largest absolute Gasteiger partial charge is 0.383 e. The summed E-state index contributed by atoms with van der Waals surface area (Å²) in [6.07, 6.45) is 2.91. The quantitative estimate of drug-likeness (QED) is 0.123. The van der Waals surface area contributed by atoms with E-state index in [0.717, 1.165) is 33.3 Å². The van der Waals surface area contributed by atoms with Crippen LogP contribution in [0, 0.1) is 0 Å². The maximum Gasteiger partial charge on any atom is 0.131 e. The van der Waals surface area contributed by atoms with Crippen LogP contribution in [0.1, 0.15) is 16.7 Å². The molecule has 0 fully saturated rings. The van der Waals surface area contributed by atoms with Crippen molar-refractivity contribution in [2.45, 2.75) is 6.42 Å². The van der Waals surface area contributed by atoms with Crippen LogP contribution in [0.4, 0.5) is 0 Å². The SMILES string of the molecule is NC(=N/C(=C\Cc1ccc(-c2ccccc2)cc1)c1ccc(-c2ccc3c(-c4cccc5cc(Br)ccc45)cccc3c2)cc1)c1ccccc1. The fourth-order valence-electron chi connectivity index (χ4n) is 6.73. The summed E-state index contributed by atoms with van der Waals surface area (Å²) in [6.45, 7) is 0. The minimum absolute atomic E-state index is 0.495. The molecule has 0 radical (unpaired) electrons. The average molecular weight is 720 g/mol. The van der Waals surface area contributed by atoms with Crippen LogP contribution in [0.15, 0.2) is 198 Å². The number of hydrogen-bond donors (Lipinski definition) is 1. The minimum Gasteiger partial charge on any atom is -0.383 e. The van der Waals surface area contributed by atoms with Gasteiger partial charge in [-0.3, -0.25) is 0 Å². The monoisotopic (exact) mass is 718 g/mol. The van der Waals surface area contributed by atoms with E-state index in [9.17, 15) is 0 Å². The first-order valence-corrected chi connectivity index (χ1v) is 17.9. The fourth-order valence-corrected chi connectivity index (χ4v) is 7.11. The number of nitrogens with two attached hydrogens (primary N) is 1. The number of aliphatic imine (C=N–C) groups is 1. The molecule has 0 amide bonds. The lowest BCUT2D eigenvalue weighted by molar-refractivity contribution is 1.26. The molecule has 51 heavy (non-hydrogen) atoms. The molecule has 0 aliphatic carbocycles. The van der Waals surface area contributed by atoms with Gasteiger partial charge in [0.15, 0.2) is 0 Å². The van der Waals surface area contributed by atoms with Crippen LogP contribution in [0.3, 0.4) is 0 Å². The van der Waals surface area contributed by atoms with Crippen molar-refractivity contribution in [2.24, 2.45) is 10.7 Å². The van der Waals surface area contributed by atoms with Crippen molar-refractivity contribution in [3.8, 4) is 33.4 Å². The molecule has 0 spiro atoms. The number of hydrogen-bond acceptors (Lipinski definition) is 1. The number of allylic oxidation sites excluding steroid dienone is 1. The van der Waals surface area contributed by atoms with Crippen LogP contribution in [0.25, 0.3) is 60.6 Å². The lowest BCUT2D eigenvalue weighted by Gasteiger charge is -2.12. The highest BCUT2D eigenvalue weighted by molar-refractivity contribution is 9.10. The van der Waals surface area contributed by atoms with Gasteiger partial charge in [0.25, 0.3) is 0 Å². The van der Waals surface area contributed by atoms with E-state index < -0.39 is 0 Å². The van der Waals surface area contributed by atoms with Gasteiger partial charge in [-0.05, 0) is 90.7 Å². The molecule has 0 bridgehead atoms. The molecule has 0 aromatic heterocycles. The summed E-state index contributed by atoms with van der Waals surface area (Å²) in [5.41, 5.74) is 17.8. The van der Waals surface area contributed by atoms with E-state index in [1.54, 1.807) is 0 Å². The van der Waals surface area contributed by atoms with Gasteiger partial charge in [-0.2, -0.15) is 0 Å². The molecule has 8 rings (SSSR count). The molecule has 3 heteroatoms. The third-order valence-electron chi connectivity index (χ3n) is 9.43. The molecule has 0 aliphatic heterocycles. The van der Waals surface area contributed by atoms with Crippen molar-refractivity contribution >= 4 is 49.0 Å². The predicted octanol–water partition coefficient (Wildman–Crippen LogP) is 12.7. The van der Waals surface area contributed by atoms with Gasteiger partial charge in [-0.25, -0.2) is 4.99 Å². The summed E-state index contributed by atoms with van der Waals surface area (Å²) in [7, 11) is 0. The molecule has 0 unspecified atom stereocenters. The molecule has 8 aromatic rings. The maximum atomic E-state index is 6.56. The Balaban J connectivity index is 1.10. The van der Waals surface area contributed by atoms with E-state index in [0.29, 0.717) is 5.84 Å². The highest BCUT2D eigenvalue weighted by atomic mass is 79.9. The lowest BCUT2D eigenvalue weighted by Crippen LogP contribution is -2.13. The molecular formula is C48H35BrN2. The zero-order chi connectivity index (χ0) is 34.6. The van der Waals surface area contributed by atoms with Crippen LogP contribution < -0.4 is 5.73 Å². The predicted molar refractivity (Wildman–Crippen MR) is 221 cm³/mol. The standard InChI is InChI=1S/C48H35BrN2/c49-42-27-29-44-41(32-42)14-8-16-46(44)45-15-7-13-40-31-39(26-28-43(40)45)36-22-24-37(25-23-36)47(51-48(50)38-11-5-2-6-12-38)30-19-33-17-20-35(21-18-33)34-9-3-1-4-10-34/h1-18,20-32H,19H2,(H2,50,51)/b47-30-. The Morgan fingerprint density at radius 1 is 0.490 bits per heavy atom. The second-order valence-electron chi connectivity index (χ2n) is 12.7. The van der Waals surface area contributed by atoms with E-state index in [4.69, 9.17) is 10.7 Å². The van der Waals surface area contributed by atoms with Gasteiger partial charge in [-0.15, -0.1) is 0 Å². The first kappa shape index (κ1) is 32.2. The fraction of sp³-hybridized carbons (Fsp3) is 0.0208. The van der Waals surface area contributed by atoms with Crippen LogP contribution >= 0.6 is 15.9 Å². The molecule has 0 saturated heterocycles. The number of halogens is 1. The van der Waals surface area contributed by atoms with E-state index in [-0.39, 0.29) is 0 Å². The summed E-state index contributed by atoms with van der Waals surface area (Å²) in [5.74, 6) is 0.495. The van der Waals surface area contributed by atoms with Crippen molar-refractivity contribution in [3.63, 3.8) is 0 Å². The molecule has 0 aliphatic rings. The van der Waals surface area contributed by atoms with Gasteiger partial charge in [0.2, 0.25) is 0 Å². The van der Waals surface area contributed by atoms with Gasteiger partial charge < -0.3 is 5.73 Å². The Morgan fingerprint density at radius 3 is 1.73 bits per heavy atom. The second-order valence-corrected chi connectivity index (χ2v) is 13.6. The Hall–Kier alpha value is -6.03. The number of fused-ring (bicyclic) bond motifs is 2. The van der Waals surface area contributed by atoms with E-state index in [1.807, 2.05) is 36.4 Å². The zero-order valence-corrected chi connectivity index (χ0v) is 29.6. The van der Waals surface area contributed by atoms with Gasteiger partial charge in [0.1, 0.15) is 5.84 Å². The maximum absolute atomic E-state index is 6.56. The second kappa shape index (κ2) is 14.4. The van der Waals surface area contributed by atoms with Crippen LogP contribution in [0.2, 0.25) is 0 Å². The number of nitrogens with zero attached hydrogens (tertiary/aromatic N) is 1. The highest BCUT2D eigenvalue weighted by Gasteiger charge is 2.11. The Labute approximate surface area is 307 Å². The van der Waals surface area contributed by atoms with Crippen molar-refractivity contribution in [2.75, 3.05) is 0 Å². The van der Waals surface area contributed by atoms with Crippen molar-refractivity contribution in [1.29, 1.82) is 0 Å². The van der Waals surface area contributed by atoms with Crippen molar-refractivity contribution in [3.05, 3.63) is 209 Å². The van der Waals surface area contributed by atoms with Crippen LogP contribution in [-0.4, -0.2) is 5.84 Å². The molecule has 0 heterocycles. The third-order valence-corrected chi connectivity index (χ3v) is 9.92. The van der Waals surface area contributed by atoms with Crippen LogP contribution in [0.5, 0.6) is 0 Å². The third kappa shape index (κ3) is 7.03. The van der Waals surface area contributed by atoms with Crippen molar-refractivity contribution < 1.29 is 0 Å². The molecule has 2 nitrogen and oxygen atoms in total. The van der Waals surface area contributed by atoms with Gasteiger partial charge in [0, 0.05) is 10.0 Å². The number of rotatable bonds is 8. The molecule has 0 atom stereocenters. The molecule has 244 valence electrons. The molecule has 8 aromatic carbocycles. The normalized spacial score (nSPS) is 12.0. The average Bonchev–Trinajstić information content (AvgIpc) is 3.19. The summed E-state index contributed by atoms with van der Waals surface area (Å²) in [6, 6.07) is 64.2. The first-order valence-electron chi connectivity index (χ1n) is 17.2. The summed E-state index contributed by atoms with van der Waals surface area (Å²) in [5, 5.41) is 4.92. The van der Waals surface area contributed by atoms with Gasteiger partial charge in [0.05, 0.1) is 5.70 Å². The number of benzene rings is 8. The Kier molecular flexibility index (Phi) is 9.12. The Bertz CT molecular complexity index is 2530. The molecule has 0 saturated carbocycles. The summed E-state index contributed by atoms with van der Waals surface area (Å²) >= 11 is 3.63. The summed E-state index contributed by atoms with van der Waals surface area (Å²) < 4.78 is 1.09. The minimum atomic E-state index is 0.495. The van der Waals surface area contributed by atoms with E-state index >= 15 is 0 Å². The number of amidine groups is 1. The van der Waals surface area contributed by atoms with Gasteiger partial charge in [-0.1, -0.05) is 186 Å². The van der Waals surface area contributed by atoms with Crippen molar-refractivity contribution in [1.82, 2.24) is 0 Å². The van der Waals surface area contributed by atoms with Crippen LogP contribution in [-0.2, 0) is 6.42 Å². The Morgan fingerprint density at radius 2 is 1.04 bits per heavy atom. The summed E-state index contributed by atoms with van der Waals surface area (Å²) in [4.78, 5) is 4.96. The topological polar surface area (TPSA) is 38.4 Å². The van der Waals surface area contributed by atoms with Gasteiger partial charge >= 0.3 is 0 Å². The highest BCUT2D eigenvalue weighted by Crippen LogP contribution is 2.36. The van der Waals surface area contributed by atoms with E-state index in [1.165, 1.54) is 54.9 Å². The lowest BCUT2D eigenvalue weighted by atomic mass is 9.92. The molecular weight excluding hydrogens is 684 g/mol. The zero-order valence-electron chi connectivity index (χ0n) is 28.0. The smallest absolute Gasteiger partial charge is 0.131 e. The first-order chi connectivity index (χ1) is 25.1. The molecule has 2 N–H and O–H groups in total. The van der Waals surface area contributed by atoms with E-state index in [2.05, 4.69) is 168 Å².